The van der Waals surface area contributed by atoms with Crippen LogP contribution in [-0.4, -0.2) is 16.7 Å². The summed E-state index contributed by atoms with van der Waals surface area (Å²) in [5.41, 5.74) is 2.30. The minimum Gasteiger partial charge on any atom is -0.394 e. The van der Waals surface area contributed by atoms with Crippen molar-refractivity contribution in [2.45, 2.75) is 12.6 Å². The van der Waals surface area contributed by atoms with E-state index in [2.05, 4.69) is 10.3 Å². The van der Waals surface area contributed by atoms with Crippen molar-refractivity contribution >= 4 is 0 Å². The number of aliphatic hydroxyl groups is 1. The maximum atomic E-state index is 9.34. The van der Waals surface area contributed by atoms with Crippen molar-refractivity contribution < 1.29 is 5.11 Å². The van der Waals surface area contributed by atoms with Crippen LogP contribution < -0.4 is 5.32 Å². The van der Waals surface area contributed by atoms with E-state index in [1.54, 1.807) is 0 Å². The fraction of sp³-hybridized carbons (Fsp3) is 0.231. The molecular formula is C13H16N2O. The third-order valence-electron chi connectivity index (χ3n) is 2.60. The van der Waals surface area contributed by atoms with Crippen molar-refractivity contribution in [1.82, 2.24) is 10.3 Å². The average molecular weight is 216 g/mol. The molecule has 0 aliphatic rings. The van der Waals surface area contributed by atoms with Crippen LogP contribution in [0.4, 0.5) is 0 Å². The molecule has 0 aliphatic heterocycles. The van der Waals surface area contributed by atoms with Crippen molar-refractivity contribution in [2.75, 3.05) is 6.61 Å². The molecule has 0 saturated carbocycles. The second-order valence-corrected chi connectivity index (χ2v) is 3.75. The molecule has 1 aromatic heterocycles. The number of hydrogen-bond donors (Lipinski definition) is 3. The second kappa shape index (κ2) is 5.49. The molecule has 0 saturated heterocycles. The lowest BCUT2D eigenvalue weighted by molar-refractivity contribution is 0.243. The normalized spacial score (nSPS) is 12.6. The molecule has 1 atom stereocenters. The SMILES string of the molecule is OCC(NCc1cc[nH]c1)c1ccccc1. The monoisotopic (exact) mass is 216 g/mol. The minimum absolute atomic E-state index is 0.00361. The summed E-state index contributed by atoms with van der Waals surface area (Å²) >= 11 is 0. The lowest BCUT2D eigenvalue weighted by Gasteiger charge is -2.16. The van der Waals surface area contributed by atoms with Crippen molar-refractivity contribution in [1.29, 1.82) is 0 Å². The third kappa shape index (κ3) is 2.72. The topological polar surface area (TPSA) is 48.0 Å². The number of H-pyrrole nitrogens is 1. The molecule has 2 rings (SSSR count). The zero-order valence-corrected chi connectivity index (χ0v) is 9.06. The molecule has 2 aromatic rings. The number of hydrogen-bond acceptors (Lipinski definition) is 2. The van der Waals surface area contributed by atoms with E-state index in [1.165, 1.54) is 5.56 Å². The molecule has 1 aromatic carbocycles. The molecular weight excluding hydrogens is 200 g/mol. The molecule has 0 amide bonds. The van der Waals surface area contributed by atoms with Crippen molar-refractivity contribution in [3.8, 4) is 0 Å². The van der Waals surface area contributed by atoms with Crippen LogP contribution in [0.25, 0.3) is 0 Å². The standard InChI is InChI=1S/C13H16N2O/c16-10-13(12-4-2-1-3-5-12)15-9-11-6-7-14-8-11/h1-8,13-16H,9-10H2. The lowest BCUT2D eigenvalue weighted by atomic mass is 10.1. The Kier molecular flexibility index (Phi) is 3.75. The first-order valence-electron chi connectivity index (χ1n) is 5.41. The Morgan fingerprint density at radius 2 is 2.00 bits per heavy atom. The number of aliphatic hydroxyl groups excluding tert-OH is 1. The van der Waals surface area contributed by atoms with Gasteiger partial charge in [-0.1, -0.05) is 30.3 Å². The Balaban J connectivity index is 1.96. The van der Waals surface area contributed by atoms with Crippen LogP contribution in [0, 0.1) is 0 Å². The van der Waals surface area contributed by atoms with E-state index in [0.29, 0.717) is 0 Å². The van der Waals surface area contributed by atoms with E-state index in [4.69, 9.17) is 0 Å². The van der Waals surface area contributed by atoms with Gasteiger partial charge >= 0.3 is 0 Å². The number of rotatable bonds is 5. The van der Waals surface area contributed by atoms with Crippen molar-refractivity contribution in [2.24, 2.45) is 0 Å². The van der Waals surface area contributed by atoms with Gasteiger partial charge in [0, 0.05) is 18.9 Å². The molecule has 1 unspecified atom stereocenters. The van der Waals surface area contributed by atoms with Gasteiger partial charge in [-0.25, -0.2) is 0 Å². The molecule has 3 heteroatoms. The highest BCUT2D eigenvalue weighted by Crippen LogP contribution is 2.12. The van der Waals surface area contributed by atoms with Gasteiger partial charge in [-0.15, -0.1) is 0 Å². The number of aromatic amines is 1. The predicted octanol–water partition coefficient (Wildman–Crippen LogP) is 1.84. The Bertz CT molecular complexity index is 397. The maximum Gasteiger partial charge on any atom is 0.0626 e. The fourth-order valence-corrected chi connectivity index (χ4v) is 1.68. The van der Waals surface area contributed by atoms with E-state index in [9.17, 15) is 5.11 Å². The first-order chi connectivity index (χ1) is 7.90. The number of nitrogens with one attached hydrogen (secondary N) is 2. The zero-order valence-electron chi connectivity index (χ0n) is 9.06. The molecule has 0 fully saturated rings. The Hall–Kier alpha value is -1.58. The van der Waals surface area contributed by atoms with Crippen LogP contribution in [0.2, 0.25) is 0 Å². The van der Waals surface area contributed by atoms with Gasteiger partial charge in [0.15, 0.2) is 0 Å². The Labute approximate surface area is 95.1 Å². The van der Waals surface area contributed by atoms with Crippen LogP contribution in [0.1, 0.15) is 17.2 Å². The largest absolute Gasteiger partial charge is 0.394 e. The predicted molar refractivity (Wildman–Crippen MR) is 63.9 cm³/mol. The lowest BCUT2D eigenvalue weighted by Crippen LogP contribution is -2.23. The molecule has 1 heterocycles. The maximum absolute atomic E-state index is 9.34. The van der Waals surface area contributed by atoms with Crippen LogP contribution in [-0.2, 0) is 6.54 Å². The van der Waals surface area contributed by atoms with Gasteiger partial charge in [0.1, 0.15) is 0 Å². The van der Waals surface area contributed by atoms with Crippen LogP contribution in [0.15, 0.2) is 48.8 Å². The van der Waals surface area contributed by atoms with Crippen molar-refractivity contribution in [3.05, 3.63) is 59.9 Å². The summed E-state index contributed by atoms with van der Waals surface area (Å²) in [5.74, 6) is 0. The highest BCUT2D eigenvalue weighted by atomic mass is 16.3. The number of aromatic nitrogens is 1. The first-order valence-corrected chi connectivity index (χ1v) is 5.41. The van der Waals surface area contributed by atoms with E-state index in [0.717, 1.165) is 12.1 Å². The van der Waals surface area contributed by atoms with Gasteiger partial charge in [0.2, 0.25) is 0 Å². The second-order valence-electron chi connectivity index (χ2n) is 3.75. The summed E-state index contributed by atoms with van der Waals surface area (Å²) in [6, 6.07) is 12.0. The van der Waals surface area contributed by atoms with Crippen LogP contribution in [0.3, 0.4) is 0 Å². The molecule has 3 N–H and O–H groups in total. The molecule has 16 heavy (non-hydrogen) atoms. The van der Waals surface area contributed by atoms with E-state index in [-0.39, 0.29) is 12.6 Å². The molecule has 0 radical (unpaired) electrons. The Morgan fingerprint density at radius 1 is 1.19 bits per heavy atom. The molecule has 0 spiro atoms. The van der Waals surface area contributed by atoms with Gasteiger partial charge in [0.05, 0.1) is 12.6 Å². The smallest absolute Gasteiger partial charge is 0.0626 e. The van der Waals surface area contributed by atoms with E-state index in [1.807, 2.05) is 48.8 Å². The highest BCUT2D eigenvalue weighted by molar-refractivity contribution is 5.19. The van der Waals surface area contributed by atoms with Gasteiger partial charge in [-0.3, -0.25) is 0 Å². The molecule has 84 valence electrons. The summed E-state index contributed by atoms with van der Waals surface area (Å²) in [7, 11) is 0. The van der Waals surface area contributed by atoms with Gasteiger partial charge < -0.3 is 15.4 Å². The summed E-state index contributed by atoms with van der Waals surface area (Å²) < 4.78 is 0. The minimum atomic E-state index is -0.00361. The van der Waals surface area contributed by atoms with Crippen LogP contribution >= 0.6 is 0 Å². The third-order valence-corrected chi connectivity index (χ3v) is 2.60. The highest BCUT2D eigenvalue weighted by Gasteiger charge is 2.08. The molecule has 0 bridgehead atoms. The first kappa shape index (κ1) is 10.9. The van der Waals surface area contributed by atoms with Gasteiger partial charge in [-0.2, -0.15) is 0 Å². The van der Waals surface area contributed by atoms with E-state index < -0.39 is 0 Å². The van der Waals surface area contributed by atoms with Gasteiger partial charge in [0.25, 0.3) is 0 Å². The van der Waals surface area contributed by atoms with E-state index >= 15 is 0 Å². The summed E-state index contributed by atoms with van der Waals surface area (Å²) in [4.78, 5) is 3.01. The molecule has 3 nitrogen and oxygen atoms in total. The fourth-order valence-electron chi connectivity index (χ4n) is 1.68. The summed E-state index contributed by atoms with van der Waals surface area (Å²) in [5, 5.41) is 12.7. The summed E-state index contributed by atoms with van der Waals surface area (Å²) in [6.07, 6.45) is 3.85. The Morgan fingerprint density at radius 3 is 2.62 bits per heavy atom. The quantitative estimate of drug-likeness (QED) is 0.714. The number of benzene rings is 1. The zero-order chi connectivity index (χ0) is 11.2. The van der Waals surface area contributed by atoms with Gasteiger partial charge in [-0.05, 0) is 17.2 Å². The summed E-state index contributed by atoms with van der Waals surface area (Å²) in [6.45, 7) is 0.859. The average Bonchev–Trinajstić information content (AvgIpc) is 2.84. The van der Waals surface area contributed by atoms with Crippen molar-refractivity contribution in [3.63, 3.8) is 0 Å². The molecule has 0 aliphatic carbocycles. The van der Waals surface area contributed by atoms with Crippen LogP contribution in [0.5, 0.6) is 0 Å².